The van der Waals surface area contributed by atoms with Gasteiger partial charge in [0.05, 0.1) is 13.2 Å². The molecule has 0 aromatic rings. The molecular formula is C18H32O12. The van der Waals surface area contributed by atoms with Crippen molar-refractivity contribution in [2.45, 2.75) is 75.5 Å². The second-order valence-corrected chi connectivity index (χ2v) is 6.92. The molecule has 12 nitrogen and oxygen atoms in total. The van der Waals surface area contributed by atoms with Crippen LogP contribution in [0.15, 0.2) is 0 Å². The minimum Gasteiger partial charge on any atom is -0.463 e. The predicted molar refractivity (Wildman–Crippen MR) is 98.0 cm³/mol. The third-order valence-electron chi connectivity index (χ3n) is 4.55. The average molecular weight is 440 g/mol. The summed E-state index contributed by atoms with van der Waals surface area (Å²) in [4.78, 5) is 21.6. The lowest BCUT2D eigenvalue weighted by atomic mass is 10.1. The lowest BCUT2D eigenvalue weighted by Crippen LogP contribution is -2.41. The summed E-state index contributed by atoms with van der Waals surface area (Å²) in [5.41, 5.74) is 0. The van der Waals surface area contributed by atoms with E-state index >= 15 is 0 Å². The van der Waals surface area contributed by atoms with Crippen molar-refractivity contribution in [2.24, 2.45) is 0 Å². The summed E-state index contributed by atoms with van der Waals surface area (Å²) in [5.74, 6) is -0.857. The van der Waals surface area contributed by atoms with Gasteiger partial charge in [0, 0.05) is 12.8 Å². The Labute approximate surface area is 173 Å². The van der Waals surface area contributed by atoms with E-state index in [0.29, 0.717) is 0 Å². The highest BCUT2D eigenvalue weighted by molar-refractivity contribution is 5.69. The summed E-state index contributed by atoms with van der Waals surface area (Å²) in [5, 5.41) is 56.1. The fraction of sp³-hybridized carbons (Fsp3) is 0.889. The fourth-order valence-electron chi connectivity index (χ4n) is 2.68. The molecule has 12 heteroatoms. The van der Waals surface area contributed by atoms with Crippen LogP contribution in [0.1, 0.15) is 26.7 Å². The first kappa shape index (κ1) is 26.7. The molecule has 0 radical (unpaired) electrons. The van der Waals surface area contributed by atoms with Crippen molar-refractivity contribution in [3.8, 4) is 0 Å². The first-order chi connectivity index (χ1) is 14.1. The Morgan fingerprint density at radius 3 is 1.37 bits per heavy atom. The van der Waals surface area contributed by atoms with E-state index in [1.54, 1.807) is 13.8 Å². The molecule has 6 N–H and O–H groups in total. The first-order valence-electron chi connectivity index (χ1n) is 9.75. The zero-order chi connectivity index (χ0) is 22.8. The van der Waals surface area contributed by atoms with Gasteiger partial charge < -0.3 is 49.6 Å². The van der Waals surface area contributed by atoms with Gasteiger partial charge in [-0.15, -0.1) is 0 Å². The van der Waals surface area contributed by atoms with Crippen LogP contribution in [0.25, 0.3) is 0 Å². The Bertz CT molecular complexity index is 483. The number of carbonyl (C=O) groups is 2. The zero-order valence-electron chi connectivity index (χ0n) is 17.0. The van der Waals surface area contributed by atoms with Crippen molar-refractivity contribution in [3.63, 3.8) is 0 Å². The van der Waals surface area contributed by atoms with Crippen LogP contribution in [0.2, 0.25) is 0 Å². The van der Waals surface area contributed by atoms with Gasteiger partial charge in [0.2, 0.25) is 0 Å². The lowest BCUT2D eigenvalue weighted by Gasteiger charge is -2.20. The van der Waals surface area contributed by atoms with E-state index in [2.05, 4.69) is 9.47 Å². The molecule has 0 aromatic carbocycles. The molecule has 2 rings (SSSR count). The lowest BCUT2D eigenvalue weighted by molar-refractivity contribution is -0.151. The normalized spacial score (nSPS) is 32.7. The highest BCUT2D eigenvalue weighted by Gasteiger charge is 2.40. The molecule has 0 aliphatic carbocycles. The second kappa shape index (κ2) is 13.1. The van der Waals surface area contributed by atoms with E-state index in [1.165, 1.54) is 0 Å². The molecule has 2 saturated heterocycles. The van der Waals surface area contributed by atoms with Crippen LogP contribution in [0, 0.1) is 0 Å². The molecule has 8 atom stereocenters. The maximum absolute atomic E-state index is 10.8. The van der Waals surface area contributed by atoms with Crippen molar-refractivity contribution >= 4 is 11.9 Å². The van der Waals surface area contributed by atoms with E-state index in [9.17, 15) is 30.0 Å². The van der Waals surface area contributed by atoms with Crippen molar-refractivity contribution in [1.82, 2.24) is 0 Å². The van der Waals surface area contributed by atoms with Crippen molar-refractivity contribution in [3.05, 3.63) is 0 Å². The van der Waals surface area contributed by atoms with Gasteiger partial charge in [-0.25, -0.2) is 0 Å². The number of hydrogen-bond acceptors (Lipinski definition) is 12. The molecule has 2 fully saturated rings. The van der Waals surface area contributed by atoms with Crippen LogP contribution in [0.5, 0.6) is 0 Å². The molecule has 0 aromatic heterocycles. The van der Waals surface area contributed by atoms with Crippen molar-refractivity contribution < 1.29 is 59.2 Å². The number of ether oxygens (including phenoxy) is 4. The number of rotatable bonds is 8. The molecular weight excluding hydrogens is 408 g/mol. The highest BCUT2D eigenvalue weighted by Crippen LogP contribution is 2.18. The molecule has 2 heterocycles. The van der Waals surface area contributed by atoms with Gasteiger partial charge >= 0.3 is 11.9 Å². The van der Waals surface area contributed by atoms with Crippen LogP contribution < -0.4 is 0 Å². The van der Waals surface area contributed by atoms with E-state index in [0.717, 1.165) is 0 Å². The fourth-order valence-corrected chi connectivity index (χ4v) is 2.68. The van der Waals surface area contributed by atoms with Crippen LogP contribution in [0.4, 0.5) is 0 Å². The Morgan fingerprint density at radius 1 is 0.800 bits per heavy atom. The Balaban J connectivity index is 0.000000300. The first-order valence-corrected chi connectivity index (χ1v) is 9.75. The molecule has 8 unspecified atom stereocenters. The predicted octanol–water partition coefficient (Wildman–Crippen LogP) is -3.16. The van der Waals surface area contributed by atoms with Gasteiger partial charge in [0.25, 0.3) is 0 Å². The second-order valence-electron chi connectivity index (χ2n) is 6.92. The maximum atomic E-state index is 10.8. The third kappa shape index (κ3) is 8.04. The molecule has 2 aliphatic heterocycles. The van der Waals surface area contributed by atoms with Crippen LogP contribution in [-0.2, 0) is 28.5 Å². The maximum Gasteiger partial charge on any atom is 0.305 e. The highest BCUT2D eigenvalue weighted by atomic mass is 16.6. The van der Waals surface area contributed by atoms with Crippen molar-refractivity contribution in [2.75, 3.05) is 26.4 Å². The molecule has 0 spiro atoms. The summed E-state index contributed by atoms with van der Waals surface area (Å²) < 4.78 is 19.3. The third-order valence-corrected chi connectivity index (χ3v) is 4.55. The number of hydrogen-bond donors (Lipinski definition) is 6. The minimum absolute atomic E-state index is 0.0232. The molecule has 0 bridgehead atoms. The number of aliphatic hydroxyl groups excluding tert-OH is 6. The van der Waals surface area contributed by atoms with Crippen LogP contribution in [-0.4, -0.2) is 118 Å². The van der Waals surface area contributed by atoms with Gasteiger partial charge in [-0.05, 0) is 0 Å². The molecule has 176 valence electrons. The number of aliphatic hydroxyl groups is 6. The topological polar surface area (TPSA) is 192 Å². The van der Waals surface area contributed by atoms with Crippen LogP contribution >= 0.6 is 0 Å². The number of carbonyl (C=O) groups excluding carboxylic acids is 2. The van der Waals surface area contributed by atoms with E-state index in [4.69, 9.17) is 19.7 Å². The largest absolute Gasteiger partial charge is 0.463 e. The van der Waals surface area contributed by atoms with Gasteiger partial charge in [-0.3, -0.25) is 9.59 Å². The standard InChI is InChI=1S/2C9H16O6/c2*1-2-7(12)14-4-6(11)9-8(13)5(10)3-15-9/h2*5-6,8-11,13H,2-4H2,1H3. The Hall–Kier alpha value is -1.38. The van der Waals surface area contributed by atoms with E-state index in [-0.39, 0.29) is 39.3 Å². The van der Waals surface area contributed by atoms with Crippen molar-refractivity contribution in [1.29, 1.82) is 0 Å². The SMILES string of the molecule is CCC(=O)OCC(O)C1OCC(O)C1O.CCC(=O)OCC(O)C1OCC(O)C1O. The molecule has 0 amide bonds. The average Bonchev–Trinajstić information content (AvgIpc) is 3.25. The summed E-state index contributed by atoms with van der Waals surface area (Å²) >= 11 is 0. The van der Waals surface area contributed by atoms with E-state index in [1.807, 2.05) is 0 Å². The zero-order valence-corrected chi connectivity index (χ0v) is 17.0. The molecule has 30 heavy (non-hydrogen) atoms. The van der Waals surface area contributed by atoms with Gasteiger partial charge in [-0.2, -0.15) is 0 Å². The van der Waals surface area contributed by atoms with E-state index < -0.39 is 60.8 Å². The molecule has 0 saturated carbocycles. The van der Waals surface area contributed by atoms with Gasteiger partial charge in [-0.1, -0.05) is 13.8 Å². The van der Waals surface area contributed by atoms with Crippen LogP contribution in [0.3, 0.4) is 0 Å². The summed E-state index contributed by atoms with van der Waals surface area (Å²) in [6.07, 6.45) is -7.85. The van der Waals surface area contributed by atoms with Gasteiger partial charge in [0.15, 0.2) is 0 Å². The Kier molecular flexibility index (Phi) is 11.7. The summed E-state index contributed by atoms with van der Waals surface area (Å²) in [6.45, 7) is 2.76. The quantitative estimate of drug-likeness (QED) is 0.208. The molecule has 2 aliphatic rings. The number of esters is 2. The minimum atomic E-state index is -1.14. The smallest absolute Gasteiger partial charge is 0.305 e. The summed E-state index contributed by atoms with van der Waals surface area (Å²) in [6, 6.07) is 0. The monoisotopic (exact) mass is 440 g/mol. The summed E-state index contributed by atoms with van der Waals surface area (Å²) in [7, 11) is 0. The van der Waals surface area contributed by atoms with Gasteiger partial charge in [0.1, 0.15) is 62.0 Å². The Morgan fingerprint density at radius 2 is 1.13 bits per heavy atom.